The van der Waals surface area contributed by atoms with Gasteiger partial charge in [0.05, 0.1) is 43.9 Å². The molecule has 10 nitrogen and oxygen atoms in total. The molecule has 3 aliphatic rings. The number of aromatic hydroxyl groups is 2. The van der Waals surface area contributed by atoms with E-state index in [9.17, 15) is 19.8 Å². The summed E-state index contributed by atoms with van der Waals surface area (Å²) in [5, 5.41) is 19.4. The van der Waals surface area contributed by atoms with E-state index in [2.05, 4.69) is 13.8 Å². The lowest BCUT2D eigenvalue weighted by molar-refractivity contribution is 0.0554. The normalized spacial score (nSPS) is 18.5. The van der Waals surface area contributed by atoms with Gasteiger partial charge in [-0.1, -0.05) is 26.0 Å². The standard InChI is InChI=1S/C23H24O6.C14H12O4/c1-11(2)16-8-14-15(28-16)6-5-12-22(24)21-13-7-18(25-3)19(26-4)9-17(13)27-10-20(21)29-23(12)14;1-18-9-6-7-11(13(16)8-9)14(17)10-4-2-3-5-12(10)15/h5-7,9,11,16,20-21H,8,10H2,1-4H3;2-8,15-16H,1H3. The highest BCUT2D eigenvalue weighted by molar-refractivity contribution is 6.12. The maximum absolute atomic E-state index is 13.5. The van der Waals surface area contributed by atoms with E-state index in [1.165, 1.54) is 31.4 Å². The van der Waals surface area contributed by atoms with Crippen molar-refractivity contribution in [2.45, 2.75) is 38.4 Å². The van der Waals surface area contributed by atoms with Crippen LogP contribution in [0.2, 0.25) is 0 Å². The first-order valence-electron chi connectivity index (χ1n) is 15.3. The SMILES string of the molecule is COc1cc2c(cc1OC)C1C(=O)c3ccc4c(c3OC1CO2)CC(C(C)C)O4.COc1ccc(C(=O)c2ccccc2O)c(O)c1. The molecule has 2 N–H and O–H groups in total. The first-order valence-corrected chi connectivity index (χ1v) is 15.3. The summed E-state index contributed by atoms with van der Waals surface area (Å²) in [6.45, 7) is 4.58. The number of para-hydroxylation sites is 1. The molecule has 3 heterocycles. The zero-order valence-corrected chi connectivity index (χ0v) is 26.7. The number of ether oxygens (including phenoxy) is 6. The first kappa shape index (κ1) is 31.6. The van der Waals surface area contributed by atoms with Crippen molar-refractivity contribution in [2.24, 2.45) is 5.92 Å². The van der Waals surface area contributed by atoms with Crippen LogP contribution in [0.4, 0.5) is 0 Å². The number of benzene rings is 4. The Hall–Kier alpha value is -5.38. The molecular weight excluding hydrogens is 604 g/mol. The quantitative estimate of drug-likeness (QED) is 0.238. The molecule has 7 rings (SSSR count). The van der Waals surface area contributed by atoms with Crippen LogP contribution in [-0.4, -0.2) is 61.9 Å². The summed E-state index contributed by atoms with van der Waals surface area (Å²) in [7, 11) is 4.63. The van der Waals surface area contributed by atoms with Crippen molar-refractivity contribution in [2.75, 3.05) is 27.9 Å². The van der Waals surface area contributed by atoms with Gasteiger partial charge in [-0.3, -0.25) is 9.59 Å². The number of carbonyl (C=O) groups excluding carboxylic acids is 2. The molecule has 0 aliphatic carbocycles. The van der Waals surface area contributed by atoms with Gasteiger partial charge in [-0.2, -0.15) is 0 Å². The minimum atomic E-state index is -0.438. The molecule has 47 heavy (non-hydrogen) atoms. The summed E-state index contributed by atoms with van der Waals surface area (Å²) >= 11 is 0. The largest absolute Gasteiger partial charge is 0.507 e. The average molecular weight is 641 g/mol. The molecule has 0 spiro atoms. The maximum Gasteiger partial charge on any atom is 0.200 e. The monoisotopic (exact) mass is 640 g/mol. The minimum Gasteiger partial charge on any atom is -0.507 e. The van der Waals surface area contributed by atoms with E-state index in [0.717, 1.165) is 23.3 Å². The lowest BCUT2D eigenvalue weighted by atomic mass is 9.81. The highest BCUT2D eigenvalue weighted by Crippen LogP contribution is 2.50. The molecule has 0 saturated carbocycles. The van der Waals surface area contributed by atoms with Gasteiger partial charge in [0, 0.05) is 29.7 Å². The van der Waals surface area contributed by atoms with Gasteiger partial charge < -0.3 is 38.6 Å². The number of fused-ring (bicyclic) bond motifs is 6. The minimum absolute atomic E-state index is 0.0452. The summed E-state index contributed by atoms with van der Waals surface area (Å²) in [5.41, 5.74) is 2.65. The molecule has 0 bridgehead atoms. The van der Waals surface area contributed by atoms with Gasteiger partial charge in [-0.15, -0.1) is 0 Å². The Morgan fingerprint density at radius 3 is 2.23 bits per heavy atom. The van der Waals surface area contributed by atoms with Crippen molar-refractivity contribution in [1.82, 2.24) is 0 Å². The fourth-order valence-corrected chi connectivity index (χ4v) is 6.10. The lowest BCUT2D eigenvalue weighted by Gasteiger charge is -2.37. The number of hydrogen-bond acceptors (Lipinski definition) is 10. The summed E-state index contributed by atoms with van der Waals surface area (Å²) in [6.07, 6.45) is 0.474. The lowest BCUT2D eigenvalue weighted by Crippen LogP contribution is -2.43. The van der Waals surface area contributed by atoms with Gasteiger partial charge in [0.15, 0.2) is 23.1 Å². The van der Waals surface area contributed by atoms with Crippen LogP contribution in [-0.2, 0) is 6.42 Å². The third kappa shape index (κ3) is 5.75. The van der Waals surface area contributed by atoms with Crippen LogP contribution in [0, 0.1) is 5.92 Å². The van der Waals surface area contributed by atoms with Crippen molar-refractivity contribution in [3.63, 3.8) is 0 Å². The highest BCUT2D eigenvalue weighted by Gasteiger charge is 2.45. The van der Waals surface area contributed by atoms with E-state index >= 15 is 0 Å². The summed E-state index contributed by atoms with van der Waals surface area (Å²) < 4.78 is 34.1. The molecule has 0 saturated heterocycles. The summed E-state index contributed by atoms with van der Waals surface area (Å²) in [5.74, 6) is 2.97. The van der Waals surface area contributed by atoms with Crippen molar-refractivity contribution >= 4 is 11.6 Å². The zero-order chi connectivity index (χ0) is 33.4. The molecule has 10 heteroatoms. The Kier molecular flexibility index (Phi) is 8.60. The van der Waals surface area contributed by atoms with Gasteiger partial charge in [0.1, 0.15) is 53.3 Å². The van der Waals surface area contributed by atoms with Crippen LogP contribution < -0.4 is 28.4 Å². The summed E-state index contributed by atoms with van der Waals surface area (Å²) in [6, 6.07) is 17.9. The molecule has 3 unspecified atom stereocenters. The van der Waals surface area contributed by atoms with E-state index in [1.807, 2.05) is 18.2 Å². The van der Waals surface area contributed by atoms with E-state index in [4.69, 9.17) is 28.4 Å². The second-order valence-electron chi connectivity index (χ2n) is 11.8. The fraction of sp³-hybridized carbons (Fsp3) is 0.297. The summed E-state index contributed by atoms with van der Waals surface area (Å²) in [4.78, 5) is 25.7. The first-order chi connectivity index (χ1) is 22.6. The number of phenols is 2. The van der Waals surface area contributed by atoms with Gasteiger partial charge in [-0.05, 0) is 48.4 Å². The molecule has 0 fully saturated rings. The number of hydrogen-bond donors (Lipinski definition) is 2. The van der Waals surface area contributed by atoms with Crippen molar-refractivity contribution < 1.29 is 48.2 Å². The van der Waals surface area contributed by atoms with Crippen LogP contribution in [0.3, 0.4) is 0 Å². The number of Topliss-reactive ketones (excluding diaryl/α,β-unsaturated/α-hetero) is 1. The second kappa shape index (κ2) is 12.8. The topological polar surface area (TPSA) is 130 Å². The Bertz CT molecular complexity index is 1850. The third-order valence-corrected chi connectivity index (χ3v) is 8.69. The van der Waals surface area contributed by atoms with Crippen LogP contribution >= 0.6 is 0 Å². The van der Waals surface area contributed by atoms with Gasteiger partial charge in [0.25, 0.3) is 0 Å². The van der Waals surface area contributed by atoms with E-state index < -0.39 is 11.7 Å². The van der Waals surface area contributed by atoms with Crippen LogP contribution in [0.15, 0.2) is 66.7 Å². The number of carbonyl (C=O) groups is 2. The molecule has 0 radical (unpaired) electrons. The number of ketones is 2. The number of methoxy groups -OCH3 is 3. The van der Waals surface area contributed by atoms with Crippen LogP contribution in [0.25, 0.3) is 0 Å². The Balaban J connectivity index is 0.000000185. The maximum atomic E-state index is 13.5. The fourth-order valence-electron chi connectivity index (χ4n) is 6.10. The Labute approximate surface area is 272 Å². The molecule has 4 aromatic rings. The van der Waals surface area contributed by atoms with Gasteiger partial charge in [0.2, 0.25) is 0 Å². The smallest absolute Gasteiger partial charge is 0.200 e. The third-order valence-electron chi connectivity index (χ3n) is 8.69. The number of phenolic OH excluding ortho intramolecular Hbond substituents is 2. The molecule has 0 aromatic heterocycles. The van der Waals surface area contributed by atoms with E-state index in [1.54, 1.807) is 38.5 Å². The van der Waals surface area contributed by atoms with E-state index in [0.29, 0.717) is 46.8 Å². The molecule has 244 valence electrons. The van der Waals surface area contributed by atoms with Crippen molar-refractivity contribution in [1.29, 1.82) is 0 Å². The molecular formula is C37H36O10. The number of rotatable bonds is 6. The average Bonchev–Trinajstić information content (AvgIpc) is 3.53. The molecule has 3 aliphatic heterocycles. The zero-order valence-electron chi connectivity index (χ0n) is 26.7. The van der Waals surface area contributed by atoms with E-state index in [-0.39, 0.29) is 40.6 Å². The van der Waals surface area contributed by atoms with Crippen LogP contribution in [0.5, 0.6) is 46.0 Å². The van der Waals surface area contributed by atoms with Crippen molar-refractivity contribution in [3.8, 4) is 46.0 Å². The van der Waals surface area contributed by atoms with Gasteiger partial charge in [-0.25, -0.2) is 0 Å². The predicted octanol–water partition coefficient (Wildman–Crippen LogP) is 6.12. The van der Waals surface area contributed by atoms with Crippen LogP contribution in [0.1, 0.15) is 57.2 Å². The predicted molar refractivity (Wildman–Crippen MR) is 172 cm³/mol. The van der Waals surface area contributed by atoms with Gasteiger partial charge >= 0.3 is 0 Å². The molecule has 0 amide bonds. The second-order valence-corrected chi connectivity index (χ2v) is 11.8. The molecule has 3 atom stereocenters. The highest BCUT2D eigenvalue weighted by atomic mass is 16.5. The van der Waals surface area contributed by atoms with Crippen molar-refractivity contribution in [3.05, 3.63) is 94.5 Å². The molecule has 4 aromatic carbocycles. The Morgan fingerprint density at radius 2 is 1.55 bits per heavy atom. The Morgan fingerprint density at radius 1 is 0.830 bits per heavy atom.